The van der Waals surface area contributed by atoms with Crippen LogP contribution in [0, 0.1) is 0 Å². The van der Waals surface area contributed by atoms with Crippen molar-refractivity contribution in [3.05, 3.63) is 70.3 Å². The number of hydrogen-bond donors (Lipinski definition) is 1. The Morgan fingerprint density at radius 2 is 1.77 bits per heavy atom. The molecule has 35 heavy (non-hydrogen) atoms. The topological polar surface area (TPSA) is 95.0 Å². The Morgan fingerprint density at radius 1 is 1.03 bits per heavy atom. The lowest BCUT2D eigenvalue weighted by molar-refractivity contribution is -0.0704. The van der Waals surface area contributed by atoms with Crippen LogP contribution in [0.3, 0.4) is 0 Å². The van der Waals surface area contributed by atoms with Gasteiger partial charge in [-0.25, -0.2) is 4.98 Å². The van der Waals surface area contributed by atoms with Gasteiger partial charge >= 0.3 is 0 Å². The van der Waals surface area contributed by atoms with Gasteiger partial charge in [0, 0.05) is 31.4 Å². The summed E-state index contributed by atoms with van der Waals surface area (Å²) in [6.07, 6.45) is 2.24. The highest BCUT2D eigenvalue weighted by molar-refractivity contribution is 6.43. The molecule has 0 radical (unpaired) electrons. The maximum atomic E-state index is 6.41. The smallest absolute Gasteiger partial charge is 0.190 e. The first-order chi connectivity index (χ1) is 16.9. The third kappa shape index (κ3) is 5.01. The van der Waals surface area contributed by atoms with Gasteiger partial charge in [-0.05, 0) is 53.6 Å². The number of tetrazole rings is 1. The van der Waals surface area contributed by atoms with Crippen LogP contribution in [-0.4, -0.2) is 55.4 Å². The summed E-state index contributed by atoms with van der Waals surface area (Å²) in [7, 11) is 0. The van der Waals surface area contributed by atoms with Crippen LogP contribution < -0.4 is 5.73 Å². The van der Waals surface area contributed by atoms with E-state index in [-0.39, 0.29) is 12.2 Å². The Kier molecular flexibility index (Phi) is 6.71. The number of benzene rings is 2. The van der Waals surface area contributed by atoms with Gasteiger partial charge in [-0.2, -0.15) is 4.68 Å². The monoisotopic (exact) mass is 509 g/mol. The molecule has 8 nitrogen and oxygen atoms in total. The Hall–Kier alpha value is -3.04. The highest BCUT2D eigenvalue weighted by atomic mass is 35.5. The molecule has 3 heterocycles. The van der Waals surface area contributed by atoms with Gasteiger partial charge < -0.3 is 10.5 Å². The van der Waals surface area contributed by atoms with E-state index in [0.717, 1.165) is 30.8 Å². The molecule has 2 aromatic carbocycles. The van der Waals surface area contributed by atoms with Crippen LogP contribution in [0.25, 0.3) is 28.2 Å². The Bertz CT molecular complexity index is 1330. The van der Waals surface area contributed by atoms with E-state index in [0.29, 0.717) is 32.9 Å². The van der Waals surface area contributed by atoms with Crippen LogP contribution in [0.15, 0.2) is 54.7 Å². The van der Waals surface area contributed by atoms with E-state index in [9.17, 15) is 0 Å². The maximum Gasteiger partial charge on any atom is 0.190 e. The fraction of sp³-hybridized carbons (Fsp3) is 0.280. The van der Waals surface area contributed by atoms with E-state index < -0.39 is 0 Å². The van der Waals surface area contributed by atoms with Crippen molar-refractivity contribution in [1.29, 1.82) is 0 Å². The van der Waals surface area contributed by atoms with Crippen molar-refractivity contribution in [2.75, 3.05) is 18.8 Å². The molecule has 5 rings (SSSR count). The van der Waals surface area contributed by atoms with Crippen LogP contribution in [0.2, 0.25) is 10.0 Å². The predicted octanol–water partition coefficient (Wildman–Crippen LogP) is 4.89. The summed E-state index contributed by atoms with van der Waals surface area (Å²) in [6.45, 7) is 6.99. The van der Waals surface area contributed by atoms with Crippen molar-refractivity contribution >= 4 is 29.0 Å². The molecule has 1 aliphatic heterocycles. The fourth-order valence-corrected chi connectivity index (χ4v) is 4.84. The van der Waals surface area contributed by atoms with E-state index in [1.807, 2.05) is 6.07 Å². The summed E-state index contributed by atoms with van der Waals surface area (Å²) in [5, 5.41) is 12.9. The molecule has 1 saturated heterocycles. The van der Waals surface area contributed by atoms with Gasteiger partial charge in [-0.3, -0.25) is 4.90 Å². The largest absolute Gasteiger partial charge is 0.383 e. The second kappa shape index (κ2) is 9.91. The van der Waals surface area contributed by atoms with Gasteiger partial charge in [-0.1, -0.05) is 53.5 Å². The molecule has 10 heteroatoms. The number of aromatic nitrogens is 5. The van der Waals surface area contributed by atoms with Crippen molar-refractivity contribution < 1.29 is 4.74 Å². The lowest BCUT2D eigenvalue weighted by atomic mass is 10.0. The molecule has 4 aromatic rings. The number of anilines is 1. The Balaban J connectivity index is 1.42. The first kappa shape index (κ1) is 23.7. The second-order valence-corrected chi connectivity index (χ2v) is 9.58. The summed E-state index contributed by atoms with van der Waals surface area (Å²) in [5.74, 6) is 0.739. The molecular weight excluding hydrogens is 485 g/mol. The molecule has 0 aliphatic carbocycles. The molecule has 2 unspecified atom stereocenters. The minimum absolute atomic E-state index is 0.246. The predicted molar refractivity (Wildman–Crippen MR) is 138 cm³/mol. The zero-order valence-electron chi connectivity index (χ0n) is 19.4. The molecule has 0 bridgehead atoms. The van der Waals surface area contributed by atoms with Crippen LogP contribution in [-0.2, 0) is 11.3 Å². The van der Waals surface area contributed by atoms with Gasteiger partial charge in [0.25, 0.3) is 0 Å². The second-order valence-electron chi connectivity index (χ2n) is 8.79. The van der Waals surface area contributed by atoms with Crippen LogP contribution >= 0.6 is 23.2 Å². The summed E-state index contributed by atoms with van der Waals surface area (Å²) in [6, 6.07) is 15.7. The number of nitrogens with two attached hydrogens (primary N) is 1. The van der Waals surface area contributed by atoms with Crippen molar-refractivity contribution in [3.8, 4) is 28.2 Å². The average Bonchev–Trinajstić information content (AvgIpc) is 3.30. The molecule has 2 N–H and O–H groups in total. The van der Waals surface area contributed by atoms with Crippen LogP contribution in [0.4, 0.5) is 5.82 Å². The zero-order valence-corrected chi connectivity index (χ0v) is 20.9. The third-order valence-electron chi connectivity index (χ3n) is 5.98. The normalized spacial score (nSPS) is 18.6. The summed E-state index contributed by atoms with van der Waals surface area (Å²) in [5.41, 5.74) is 10.6. The van der Waals surface area contributed by atoms with Crippen molar-refractivity contribution in [2.24, 2.45) is 0 Å². The third-order valence-corrected chi connectivity index (χ3v) is 6.79. The van der Waals surface area contributed by atoms with Crippen molar-refractivity contribution in [3.63, 3.8) is 0 Å². The minimum Gasteiger partial charge on any atom is -0.383 e. The number of rotatable bonds is 5. The molecule has 1 aliphatic rings. The Morgan fingerprint density at radius 3 is 2.51 bits per heavy atom. The first-order valence-electron chi connectivity index (χ1n) is 11.3. The van der Waals surface area contributed by atoms with E-state index in [4.69, 9.17) is 33.7 Å². The zero-order chi connectivity index (χ0) is 24.5. The molecule has 0 amide bonds. The Labute approximate surface area is 213 Å². The number of morpholine rings is 1. The van der Waals surface area contributed by atoms with Crippen LogP contribution in [0.5, 0.6) is 0 Å². The van der Waals surface area contributed by atoms with Gasteiger partial charge in [0.15, 0.2) is 5.82 Å². The highest BCUT2D eigenvalue weighted by Crippen LogP contribution is 2.33. The standard InChI is InChI=1S/C25H25Cl2N7O/c1-15-12-33(13-16(2)35-15)14-17-6-8-18(9-7-17)19-10-20(24(28)29-11-19)25-30-31-32-34(25)22-5-3-4-21(26)23(22)27/h3-11,15-16H,12-14H2,1-2H3,(H2,28,29). The van der Waals surface area contributed by atoms with Gasteiger partial charge in [0.2, 0.25) is 0 Å². The summed E-state index contributed by atoms with van der Waals surface area (Å²) >= 11 is 12.6. The SMILES string of the molecule is CC1CN(Cc2ccc(-c3cnc(N)c(-c4nnnn4-c4cccc(Cl)c4Cl)c3)cc2)CC(C)O1. The van der Waals surface area contributed by atoms with E-state index in [1.165, 1.54) is 10.2 Å². The van der Waals surface area contributed by atoms with Gasteiger partial charge in [-0.15, -0.1) is 5.10 Å². The maximum absolute atomic E-state index is 6.41. The quantitative estimate of drug-likeness (QED) is 0.409. The average molecular weight is 510 g/mol. The molecular formula is C25H25Cl2N7O. The van der Waals surface area contributed by atoms with Crippen molar-refractivity contribution in [1.82, 2.24) is 30.1 Å². The van der Waals surface area contributed by atoms with Crippen LogP contribution in [0.1, 0.15) is 19.4 Å². The molecule has 2 aromatic heterocycles. The van der Waals surface area contributed by atoms with E-state index in [2.05, 4.69) is 63.5 Å². The van der Waals surface area contributed by atoms with E-state index >= 15 is 0 Å². The lowest BCUT2D eigenvalue weighted by Crippen LogP contribution is -2.44. The number of halogens is 2. The summed E-state index contributed by atoms with van der Waals surface area (Å²) in [4.78, 5) is 6.83. The number of nitrogens with zero attached hydrogens (tertiary/aromatic N) is 6. The number of nitrogen functional groups attached to an aromatic ring is 1. The molecule has 1 fully saturated rings. The lowest BCUT2D eigenvalue weighted by Gasteiger charge is -2.35. The molecule has 2 atom stereocenters. The molecule has 0 spiro atoms. The molecule has 0 saturated carbocycles. The number of pyridine rings is 1. The first-order valence-corrected chi connectivity index (χ1v) is 12.1. The van der Waals surface area contributed by atoms with Gasteiger partial charge in [0.1, 0.15) is 5.82 Å². The highest BCUT2D eigenvalue weighted by Gasteiger charge is 2.22. The van der Waals surface area contributed by atoms with Gasteiger partial charge in [0.05, 0.1) is 33.5 Å². The van der Waals surface area contributed by atoms with Crippen molar-refractivity contribution in [2.45, 2.75) is 32.6 Å². The fourth-order valence-electron chi connectivity index (χ4n) is 4.46. The van der Waals surface area contributed by atoms with E-state index in [1.54, 1.807) is 24.4 Å². The number of hydrogen-bond acceptors (Lipinski definition) is 7. The number of ether oxygens (including phenoxy) is 1. The minimum atomic E-state index is 0.246. The molecule has 180 valence electrons. The summed E-state index contributed by atoms with van der Waals surface area (Å²) < 4.78 is 7.36.